The van der Waals surface area contributed by atoms with E-state index in [1.165, 1.54) is 0 Å². The lowest BCUT2D eigenvalue weighted by atomic mass is 10.2. The van der Waals surface area contributed by atoms with Gasteiger partial charge in [-0.1, -0.05) is 6.07 Å². The smallest absolute Gasteiger partial charge is 0.338 e. The van der Waals surface area contributed by atoms with Gasteiger partial charge in [0.15, 0.2) is 0 Å². The van der Waals surface area contributed by atoms with Crippen LogP contribution in [0.25, 0.3) is 0 Å². The Morgan fingerprint density at radius 3 is 2.79 bits per heavy atom. The third kappa shape index (κ3) is 5.52. The molecule has 1 atom stereocenters. The molecule has 0 spiro atoms. The highest BCUT2D eigenvalue weighted by Gasteiger charge is 2.09. The second-order valence-corrected chi connectivity index (χ2v) is 4.24. The van der Waals surface area contributed by atoms with Crippen molar-refractivity contribution in [2.24, 2.45) is 0 Å². The van der Waals surface area contributed by atoms with Crippen molar-refractivity contribution in [3.05, 3.63) is 29.8 Å². The lowest BCUT2D eigenvalue weighted by molar-refractivity contribution is -0.116. The fourth-order valence-corrected chi connectivity index (χ4v) is 1.50. The van der Waals surface area contributed by atoms with Crippen molar-refractivity contribution in [3.63, 3.8) is 0 Å². The van der Waals surface area contributed by atoms with Crippen molar-refractivity contribution in [1.82, 2.24) is 0 Å². The van der Waals surface area contributed by atoms with Crippen molar-refractivity contribution in [3.8, 4) is 0 Å². The molecule has 1 aromatic carbocycles. The van der Waals surface area contributed by atoms with Gasteiger partial charge in [0.05, 0.1) is 18.3 Å². The minimum atomic E-state index is -0.503. The number of aliphatic hydroxyl groups excluding tert-OH is 1. The second-order valence-electron chi connectivity index (χ2n) is 4.24. The zero-order valence-corrected chi connectivity index (χ0v) is 11.2. The fourth-order valence-electron chi connectivity index (χ4n) is 1.50. The first-order valence-corrected chi connectivity index (χ1v) is 6.28. The maximum Gasteiger partial charge on any atom is 0.338 e. The number of rotatable bonds is 6. The Morgan fingerprint density at radius 1 is 1.42 bits per heavy atom. The first kappa shape index (κ1) is 15.2. The van der Waals surface area contributed by atoms with Crippen molar-refractivity contribution in [1.29, 1.82) is 0 Å². The summed E-state index contributed by atoms with van der Waals surface area (Å²) in [7, 11) is 0. The third-order valence-corrected chi connectivity index (χ3v) is 2.45. The lowest BCUT2D eigenvalue weighted by Gasteiger charge is -2.08. The van der Waals surface area contributed by atoms with Crippen LogP contribution in [0.15, 0.2) is 24.3 Å². The molecular formula is C14H19NO4. The Bertz CT molecular complexity index is 443. The topological polar surface area (TPSA) is 75.6 Å². The molecule has 2 N–H and O–H groups in total. The van der Waals surface area contributed by atoms with Crippen LogP contribution in [0.3, 0.4) is 0 Å². The van der Waals surface area contributed by atoms with E-state index in [-0.39, 0.29) is 12.3 Å². The first-order valence-electron chi connectivity index (χ1n) is 6.28. The number of amides is 1. The Kier molecular flexibility index (Phi) is 6.02. The maximum atomic E-state index is 11.6. The number of nitrogens with one attached hydrogen (secondary N) is 1. The Morgan fingerprint density at radius 2 is 2.16 bits per heavy atom. The summed E-state index contributed by atoms with van der Waals surface area (Å²) < 4.78 is 4.88. The standard InChI is InChI=1S/C14H19NO4/c1-3-19-14(18)11-5-4-6-12(9-11)15-13(17)8-7-10(2)16/h4-6,9-10,16H,3,7-8H2,1-2H3,(H,15,17). The molecule has 1 rings (SSSR count). The molecule has 5 nitrogen and oxygen atoms in total. The van der Waals surface area contributed by atoms with Gasteiger partial charge < -0.3 is 15.2 Å². The minimum absolute atomic E-state index is 0.193. The van der Waals surface area contributed by atoms with Gasteiger partial charge in [-0.3, -0.25) is 4.79 Å². The van der Waals surface area contributed by atoms with Crippen molar-refractivity contribution < 1.29 is 19.4 Å². The normalized spacial score (nSPS) is 11.7. The molecule has 0 radical (unpaired) electrons. The van der Waals surface area contributed by atoms with Crippen LogP contribution in [0.1, 0.15) is 37.0 Å². The molecule has 0 aliphatic heterocycles. The predicted octanol–water partition coefficient (Wildman–Crippen LogP) is 1.96. The number of ether oxygens (including phenoxy) is 1. The van der Waals surface area contributed by atoms with E-state index < -0.39 is 12.1 Å². The number of carbonyl (C=O) groups excluding carboxylic acids is 2. The van der Waals surface area contributed by atoms with E-state index in [2.05, 4.69) is 5.32 Å². The van der Waals surface area contributed by atoms with Gasteiger partial charge in [0, 0.05) is 12.1 Å². The Balaban J connectivity index is 2.61. The monoisotopic (exact) mass is 265 g/mol. The number of aliphatic hydroxyl groups is 1. The molecule has 1 amide bonds. The molecule has 0 heterocycles. The molecule has 19 heavy (non-hydrogen) atoms. The summed E-state index contributed by atoms with van der Waals surface area (Å²) in [6, 6.07) is 6.57. The van der Waals surface area contributed by atoms with Crippen LogP contribution >= 0.6 is 0 Å². The lowest BCUT2D eigenvalue weighted by Crippen LogP contribution is -2.14. The van der Waals surface area contributed by atoms with E-state index in [0.717, 1.165) is 0 Å². The largest absolute Gasteiger partial charge is 0.462 e. The zero-order chi connectivity index (χ0) is 14.3. The quantitative estimate of drug-likeness (QED) is 0.771. The first-order chi connectivity index (χ1) is 9.02. The molecule has 1 unspecified atom stereocenters. The second kappa shape index (κ2) is 7.53. The van der Waals surface area contributed by atoms with Crippen LogP contribution in [-0.2, 0) is 9.53 Å². The summed E-state index contributed by atoms with van der Waals surface area (Å²) in [5, 5.41) is 11.8. The fraction of sp³-hybridized carbons (Fsp3) is 0.429. The molecule has 0 bridgehead atoms. The van der Waals surface area contributed by atoms with E-state index in [4.69, 9.17) is 9.84 Å². The zero-order valence-electron chi connectivity index (χ0n) is 11.2. The summed E-state index contributed by atoms with van der Waals surface area (Å²) in [4.78, 5) is 23.1. The molecular weight excluding hydrogens is 246 g/mol. The SMILES string of the molecule is CCOC(=O)c1cccc(NC(=O)CCC(C)O)c1. The van der Waals surface area contributed by atoms with E-state index in [1.54, 1.807) is 38.1 Å². The van der Waals surface area contributed by atoms with Crippen molar-refractivity contribution in [2.75, 3.05) is 11.9 Å². The number of benzene rings is 1. The number of anilines is 1. The van der Waals surface area contributed by atoms with Gasteiger partial charge in [-0.15, -0.1) is 0 Å². The van der Waals surface area contributed by atoms with Crippen LogP contribution < -0.4 is 5.32 Å². The van der Waals surface area contributed by atoms with Crippen LogP contribution in [-0.4, -0.2) is 29.7 Å². The molecule has 0 aromatic heterocycles. The molecule has 0 saturated heterocycles. The highest BCUT2D eigenvalue weighted by atomic mass is 16.5. The summed E-state index contributed by atoms with van der Waals surface area (Å²) in [5.74, 6) is -0.607. The van der Waals surface area contributed by atoms with Gasteiger partial charge in [0.2, 0.25) is 5.91 Å². The van der Waals surface area contributed by atoms with Crippen LogP contribution in [0.5, 0.6) is 0 Å². The molecule has 1 aromatic rings. The van der Waals surface area contributed by atoms with Gasteiger partial charge in [-0.25, -0.2) is 4.79 Å². The third-order valence-electron chi connectivity index (χ3n) is 2.45. The molecule has 5 heteroatoms. The summed E-state index contributed by atoms with van der Waals surface area (Å²) in [6.07, 6.45) is 0.140. The van der Waals surface area contributed by atoms with Crippen LogP contribution in [0.2, 0.25) is 0 Å². The van der Waals surface area contributed by atoms with E-state index in [1.807, 2.05) is 0 Å². The van der Waals surface area contributed by atoms with Gasteiger partial charge in [-0.2, -0.15) is 0 Å². The number of hydrogen-bond donors (Lipinski definition) is 2. The molecule has 0 aliphatic rings. The minimum Gasteiger partial charge on any atom is -0.462 e. The van der Waals surface area contributed by atoms with Gasteiger partial charge in [0.1, 0.15) is 0 Å². The van der Waals surface area contributed by atoms with E-state index in [9.17, 15) is 9.59 Å². The van der Waals surface area contributed by atoms with E-state index >= 15 is 0 Å². The average Bonchev–Trinajstić information content (AvgIpc) is 2.37. The molecule has 0 aliphatic carbocycles. The highest BCUT2D eigenvalue weighted by molar-refractivity contribution is 5.94. The number of carbonyl (C=O) groups is 2. The summed E-state index contributed by atoms with van der Waals surface area (Å²) in [5.41, 5.74) is 0.941. The highest BCUT2D eigenvalue weighted by Crippen LogP contribution is 2.12. The van der Waals surface area contributed by atoms with Gasteiger partial charge in [0.25, 0.3) is 0 Å². The molecule has 104 valence electrons. The summed E-state index contributed by atoms with van der Waals surface area (Å²) in [6.45, 7) is 3.68. The Hall–Kier alpha value is -1.88. The number of hydrogen-bond acceptors (Lipinski definition) is 4. The average molecular weight is 265 g/mol. The predicted molar refractivity (Wildman–Crippen MR) is 71.9 cm³/mol. The molecule has 0 saturated carbocycles. The van der Waals surface area contributed by atoms with Gasteiger partial charge in [-0.05, 0) is 38.5 Å². The van der Waals surface area contributed by atoms with Crippen LogP contribution in [0.4, 0.5) is 5.69 Å². The van der Waals surface area contributed by atoms with Crippen molar-refractivity contribution in [2.45, 2.75) is 32.8 Å². The van der Waals surface area contributed by atoms with E-state index in [0.29, 0.717) is 24.3 Å². The number of esters is 1. The molecule has 0 fully saturated rings. The van der Waals surface area contributed by atoms with Gasteiger partial charge >= 0.3 is 5.97 Å². The van der Waals surface area contributed by atoms with Crippen LogP contribution in [0, 0.1) is 0 Å². The maximum absolute atomic E-state index is 11.6. The van der Waals surface area contributed by atoms with Crippen molar-refractivity contribution >= 4 is 17.6 Å². The Labute approximate surface area is 112 Å². The summed E-state index contributed by atoms with van der Waals surface area (Å²) >= 11 is 0.